The van der Waals surface area contributed by atoms with Gasteiger partial charge in [0.25, 0.3) is 0 Å². The van der Waals surface area contributed by atoms with E-state index in [9.17, 15) is 23.2 Å². The first-order valence-electron chi connectivity index (χ1n) is 12.5. The predicted octanol–water partition coefficient (Wildman–Crippen LogP) is 6.99. The van der Waals surface area contributed by atoms with Crippen LogP contribution in [0.3, 0.4) is 0 Å². The monoisotopic (exact) mass is 661 g/mol. The van der Waals surface area contributed by atoms with Crippen molar-refractivity contribution in [3.8, 4) is 17.2 Å². The highest BCUT2D eigenvalue weighted by molar-refractivity contribution is 14.1. The van der Waals surface area contributed by atoms with Crippen LogP contribution in [0.25, 0.3) is 11.1 Å². The smallest absolute Gasteiger partial charge is 0.399 e. The fourth-order valence-corrected chi connectivity index (χ4v) is 5.10. The molecule has 1 heterocycles. The lowest BCUT2D eigenvalue weighted by molar-refractivity contribution is -0.138. The minimum absolute atomic E-state index is 0.0532. The van der Waals surface area contributed by atoms with Gasteiger partial charge in [0.1, 0.15) is 7.11 Å². The van der Waals surface area contributed by atoms with Crippen LogP contribution in [0.15, 0.2) is 71.9 Å². The Kier molecular flexibility index (Phi) is 9.65. The highest BCUT2D eigenvalue weighted by Gasteiger charge is 2.33. The van der Waals surface area contributed by atoms with Crippen molar-refractivity contribution < 1.29 is 22.8 Å². The Balaban J connectivity index is 1.55. The molecule has 1 aliphatic heterocycles. The second-order valence-electron chi connectivity index (χ2n) is 9.20. The van der Waals surface area contributed by atoms with E-state index in [1.54, 1.807) is 52.9 Å². The summed E-state index contributed by atoms with van der Waals surface area (Å²) in [5, 5.41) is 15.9. The zero-order chi connectivity index (χ0) is 28.7. The summed E-state index contributed by atoms with van der Waals surface area (Å²) in [4.78, 5) is 22.1. The van der Waals surface area contributed by atoms with Crippen LogP contribution in [0.1, 0.15) is 24.0 Å². The van der Waals surface area contributed by atoms with Gasteiger partial charge >= 0.3 is 12.2 Å². The number of nitrogens with zero attached hydrogens (tertiary/aromatic N) is 4. The van der Waals surface area contributed by atoms with E-state index in [4.69, 9.17) is 4.84 Å². The highest BCUT2D eigenvalue weighted by Crippen LogP contribution is 2.34. The fourth-order valence-electron chi connectivity index (χ4n) is 4.46. The molecule has 0 saturated carbocycles. The number of urea groups is 1. The number of hydrogen-bond acceptors (Lipinski definition) is 5. The largest absolute Gasteiger partial charge is 0.417 e. The molecular weight excluding hydrogens is 634 g/mol. The normalized spacial score (nSPS) is 13.8. The van der Waals surface area contributed by atoms with E-state index in [2.05, 4.69) is 21.4 Å². The average molecular weight is 661 g/mol. The molecule has 0 bridgehead atoms. The number of nitriles is 1. The first-order chi connectivity index (χ1) is 19.2. The molecule has 11 heteroatoms. The van der Waals surface area contributed by atoms with E-state index < -0.39 is 17.8 Å². The maximum Gasteiger partial charge on any atom is 0.417 e. The molecule has 1 aliphatic rings. The topological polar surface area (TPSA) is 81.0 Å². The van der Waals surface area contributed by atoms with Crippen molar-refractivity contribution in [1.82, 2.24) is 4.90 Å². The number of carbonyl (C=O) groups excluding carboxylic acids is 1. The lowest BCUT2D eigenvalue weighted by Gasteiger charge is -2.30. The highest BCUT2D eigenvalue weighted by atomic mass is 127. The van der Waals surface area contributed by atoms with Gasteiger partial charge in [-0.25, -0.2) is 4.79 Å². The lowest BCUT2D eigenvalue weighted by Crippen LogP contribution is -2.43. The molecule has 0 atom stereocenters. The summed E-state index contributed by atoms with van der Waals surface area (Å²) < 4.78 is 40.4. The van der Waals surface area contributed by atoms with Gasteiger partial charge < -0.3 is 15.1 Å². The van der Waals surface area contributed by atoms with Crippen molar-refractivity contribution in [2.24, 2.45) is 5.16 Å². The van der Waals surface area contributed by atoms with Crippen LogP contribution in [-0.4, -0.2) is 49.9 Å². The van der Waals surface area contributed by atoms with Gasteiger partial charge in [0.05, 0.1) is 22.9 Å². The number of benzene rings is 3. The molecule has 1 fully saturated rings. The Morgan fingerprint density at radius 2 is 1.82 bits per heavy atom. The molecule has 1 saturated heterocycles. The second kappa shape index (κ2) is 13.1. The minimum atomic E-state index is -4.53. The number of oxime groups is 1. The Bertz CT molecular complexity index is 1410. The fraction of sp³-hybridized carbons (Fsp3) is 0.276. The predicted molar refractivity (Wildman–Crippen MR) is 157 cm³/mol. The number of amides is 2. The molecule has 3 aromatic carbocycles. The molecule has 208 valence electrons. The molecule has 0 aromatic heterocycles. The number of halogens is 4. The van der Waals surface area contributed by atoms with Crippen LogP contribution >= 0.6 is 22.6 Å². The summed E-state index contributed by atoms with van der Waals surface area (Å²) in [5.41, 5.74) is 3.12. The van der Waals surface area contributed by atoms with Crippen molar-refractivity contribution in [2.75, 3.05) is 43.5 Å². The van der Waals surface area contributed by atoms with Crippen molar-refractivity contribution >= 4 is 45.7 Å². The number of nitrogens with one attached hydrogen (secondary N) is 1. The maximum absolute atomic E-state index is 13.5. The van der Waals surface area contributed by atoms with E-state index in [1.807, 2.05) is 18.2 Å². The van der Waals surface area contributed by atoms with Gasteiger partial charge in [0.15, 0.2) is 0 Å². The van der Waals surface area contributed by atoms with Crippen LogP contribution in [0.4, 0.5) is 29.3 Å². The summed E-state index contributed by atoms with van der Waals surface area (Å²) in [6, 6.07) is 19.8. The van der Waals surface area contributed by atoms with E-state index in [-0.39, 0.29) is 9.26 Å². The van der Waals surface area contributed by atoms with Gasteiger partial charge in [0.2, 0.25) is 0 Å². The number of alkyl halides is 3. The number of anilines is 2. The molecule has 0 spiro atoms. The zero-order valence-corrected chi connectivity index (χ0v) is 23.9. The van der Waals surface area contributed by atoms with Crippen molar-refractivity contribution in [3.05, 3.63) is 81.4 Å². The van der Waals surface area contributed by atoms with Crippen LogP contribution in [-0.2, 0) is 11.0 Å². The van der Waals surface area contributed by atoms with Crippen LogP contribution in [0.2, 0.25) is 0 Å². The summed E-state index contributed by atoms with van der Waals surface area (Å²) in [7, 11) is 1.52. The van der Waals surface area contributed by atoms with Gasteiger partial charge in [-0.3, -0.25) is 4.90 Å². The number of hydrogen-bond donors (Lipinski definition) is 1. The number of carbonyl (C=O) groups is 1. The van der Waals surface area contributed by atoms with Gasteiger partial charge in [0, 0.05) is 54.0 Å². The van der Waals surface area contributed by atoms with Gasteiger partial charge in [-0.1, -0.05) is 29.4 Å². The molecule has 0 aliphatic carbocycles. The zero-order valence-electron chi connectivity index (χ0n) is 21.7. The number of rotatable bonds is 7. The van der Waals surface area contributed by atoms with Crippen molar-refractivity contribution in [2.45, 2.75) is 19.0 Å². The Morgan fingerprint density at radius 3 is 2.48 bits per heavy atom. The minimum Gasteiger partial charge on any atom is -0.399 e. The number of likely N-dealkylation sites (tertiary alicyclic amines) is 1. The molecule has 1 N–H and O–H groups in total. The standard InChI is InChI=1S/C29H27F3IN5O2/c1-40-36-23-11-13-37(14-12-23)15-16-38(28(39)35-24-7-10-27(33)26(18-24)29(30,31)32)25-8-5-21(6-9-25)22-4-2-3-20(17-22)19-34/h2-10,17-18H,11-16H2,1H3,(H,35,39). The van der Waals surface area contributed by atoms with Crippen molar-refractivity contribution in [1.29, 1.82) is 5.26 Å². The molecule has 0 radical (unpaired) electrons. The van der Waals surface area contributed by atoms with Gasteiger partial charge in [-0.15, -0.1) is 0 Å². The SMILES string of the molecule is CON=C1CCN(CCN(C(=O)Nc2ccc(I)c(C(F)(F)F)c2)c2ccc(-c3cccc(C#N)c3)cc2)CC1. The third-order valence-corrected chi connectivity index (χ3v) is 7.51. The van der Waals surface area contributed by atoms with E-state index in [1.165, 1.54) is 24.1 Å². The first kappa shape index (κ1) is 29.4. The summed E-state index contributed by atoms with van der Waals surface area (Å²) in [5.74, 6) is 0. The first-order valence-corrected chi connectivity index (χ1v) is 13.6. The second-order valence-corrected chi connectivity index (χ2v) is 10.4. The molecule has 0 unspecified atom stereocenters. The molecule has 40 heavy (non-hydrogen) atoms. The average Bonchev–Trinajstić information content (AvgIpc) is 2.95. The molecule has 4 rings (SSSR count). The van der Waals surface area contributed by atoms with Gasteiger partial charge in [-0.2, -0.15) is 18.4 Å². The summed E-state index contributed by atoms with van der Waals surface area (Å²) in [6.45, 7) is 2.41. The third-order valence-electron chi connectivity index (χ3n) is 6.57. The number of piperidine rings is 1. The van der Waals surface area contributed by atoms with E-state index in [0.717, 1.165) is 48.8 Å². The van der Waals surface area contributed by atoms with E-state index >= 15 is 0 Å². The molecular formula is C29H27F3IN5O2. The Morgan fingerprint density at radius 1 is 1.10 bits per heavy atom. The van der Waals surface area contributed by atoms with Crippen LogP contribution in [0, 0.1) is 14.9 Å². The van der Waals surface area contributed by atoms with Gasteiger partial charge in [-0.05, 0) is 76.2 Å². The molecule has 2 amide bonds. The molecule has 3 aromatic rings. The lowest BCUT2D eigenvalue weighted by atomic mass is 10.0. The summed E-state index contributed by atoms with van der Waals surface area (Å²) >= 11 is 1.63. The third kappa shape index (κ3) is 7.51. The van der Waals surface area contributed by atoms with Crippen LogP contribution < -0.4 is 10.2 Å². The Labute approximate surface area is 244 Å². The Hall–Kier alpha value is -3.63. The van der Waals surface area contributed by atoms with Crippen LogP contribution in [0.5, 0.6) is 0 Å². The maximum atomic E-state index is 13.5. The summed E-state index contributed by atoms with van der Waals surface area (Å²) in [6.07, 6.45) is -3.01. The van der Waals surface area contributed by atoms with E-state index in [0.29, 0.717) is 24.3 Å². The molecule has 7 nitrogen and oxygen atoms in total. The van der Waals surface area contributed by atoms with Crippen molar-refractivity contribution in [3.63, 3.8) is 0 Å². The quantitative estimate of drug-likeness (QED) is 0.219.